The highest BCUT2D eigenvalue weighted by molar-refractivity contribution is 4.99. The molecule has 2 nitrogen and oxygen atoms in total. The van der Waals surface area contributed by atoms with Crippen molar-refractivity contribution in [1.29, 1.82) is 0 Å². The second-order valence-corrected chi connectivity index (χ2v) is 6.89. The van der Waals surface area contributed by atoms with E-state index in [0.717, 1.165) is 24.4 Å². The van der Waals surface area contributed by atoms with Gasteiger partial charge in [0.25, 0.3) is 0 Å². The van der Waals surface area contributed by atoms with E-state index in [4.69, 9.17) is 5.73 Å². The molecule has 1 saturated carbocycles. The SMILES string of the molecule is CC(C)CC(C)(CN)N1CCC2CCCCC21. The topological polar surface area (TPSA) is 29.3 Å². The first-order valence-corrected chi connectivity index (χ1v) is 7.53. The second-order valence-electron chi connectivity index (χ2n) is 6.89. The Kier molecular flexibility index (Phi) is 4.14. The number of likely N-dealkylation sites (tertiary alicyclic amines) is 1. The summed E-state index contributed by atoms with van der Waals surface area (Å²) in [6.07, 6.45) is 8.42. The van der Waals surface area contributed by atoms with Gasteiger partial charge >= 0.3 is 0 Å². The predicted octanol–water partition coefficient (Wildman–Crippen LogP) is 3.01. The summed E-state index contributed by atoms with van der Waals surface area (Å²) in [6, 6.07) is 0.844. The second kappa shape index (κ2) is 5.27. The molecule has 100 valence electrons. The van der Waals surface area contributed by atoms with E-state index >= 15 is 0 Å². The molecule has 2 N–H and O–H groups in total. The molecule has 17 heavy (non-hydrogen) atoms. The molecule has 0 aromatic heterocycles. The van der Waals surface area contributed by atoms with Crippen LogP contribution >= 0.6 is 0 Å². The fourth-order valence-corrected chi connectivity index (χ4v) is 4.27. The lowest BCUT2D eigenvalue weighted by molar-refractivity contribution is 0.0518. The van der Waals surface area contributed by atoms with Crippen molar-refractivity contribution < 1.29 is 0 Å². The summed E-state index contributed by atoms with van der Waals surface area (Å²) >= 11 is 0. The van der Waals surface area contributed by atoms with Gasteiger partial charge in [0, 0.05) is 18.1 Å². The Labute approximate surface area is 107 Å². The van der Waals surface area contributed by atoms with Crippen LogP contribution in [0.25, 0.3) is 0 Å². The Morgan fingerprint density at radius 3 is 2.59 bits per heavy atom. The minimum atomic E-state index is 0.241. The zero-order chi connectivity index (χ0) is 12.5. The van der Waals surface area contributed by atoms with Crippen LogP contribution in [0.4, 0.5) is 0 Å². The third-order valence-electron chi connectivity index (χ3n) is 4.99. The molecule has 2 aliphatic rings. The fourth-order valence-electron chi connectivity index (χ4n) is 4.27. The third-order valence-corrected chi connectivity index (χ3v) is 4.99. The number of fused-ring (bicyclic) bond motifs is 1. The van der Waals surface area contributed by atoms with Crippen LogP contribution in [0.1, 0.15) is 59.3 Å². The van der Waals surface area contributed by atoms with Crippen molar-refractivity contribution in [2.75, 3.05) is 13.1 Å². The van der Waals surface area contributed by atoms with Gasteiger partial charge in [0.15, 0.2) is 0 Å². The number of nitrogens with two attached hydrogens (primary N) is 1. The van der Waals surface area contributed by atoms with Crippen LogP contribution in [0, 0.1) is 11.8 Å². The molecule has 0 spiro atoms. The molecule has 0 bridgehead atoms. The Morgan fingerprint density at radius 2 is 1.94 bits per heavy atom. The van der Waals surface area contributed by atoms with Crippen LogP contribution < -0.4 is 5.73 Å². The van der Waals surface area contributed by atoms with E-state index in [2.05, 4.69) is 25.7 Å². The van der Waals surface area contributed by atoms with Gasteiger partial charge in [-0.1, -0.05) is 26.7 Å². The summed E-state index contributed by atoms with van der Waals surface area (Å²) in [5, 5.41) is 0. The van der Waals surface area contributed by atoms with E-state index < -0.39 is 0 Å². The first kappa shape index (κ1) is 13.4. The van der Waals surface area contributed by atoms with Crippen LogP contribution in [0.15, 0.2) is 0 Å². The van der Waals surface area contributed by atoms with Crippen LogP contribution in [0.5, 0.6) is 0 Å². The molecule has 3 atom stereocenters. The van der Waals surface area contributed by atoms with Gasteiger partial charge in [0.1, 0.15) is 0 Å². The molecule has 3 unspecified atom stereocenters. The van der Waals surface area contributed by atoms with Crippen molar-refractivity contribution in [3.05, 3.63) is 0 Å². The van der Waals surface area contributed by atoms with Crippen LogP contribution in [-0.4, -0.2) is 29.6 Å². The molecule has 1 aliphatic heterocycles. The molecule has 0 aromatic carbocycles. The molecule has 0 radical (unpaired) electrons. The third kappa shape index (κ3) is 2.68. The maximum Gasteiger partial charge on any atom is 0.0309 e. The van der Waals surface area contributed by atoms with E-state index in [1.54, 1.807) is 0 Å². The minimum Gasteiger partial charge on any atom is -0.329 e. The molecule has 1 aliphatic carbocycles. The highest BCUT2D eigenvalue weighted by Crippen LogP contribution is 2.41. The van der Waals surface area contributed by atoms with Crippen LogP contribution in [-0.2, 0) is 0 Å². The average Bonchev–Trinajstić information content (AvgIpc) is 2.72. The smallest absolute Gasteiger partial charge is 0.0309 e. The average molecular weight is 238 g/mol. The molecule has 0 aromatic rings. The van der Waals surface area contributed by atoms with E-state index in [9.17, 15) is 0 Å². The van der Waals surface area contributed by atoms with Gasteiger partial charge in [-0.05, 0) is 51.0 Å². The fraction of sp³-hybridized carbons (Fsp3) is 1.00. The lowest BCUT2D eigenvalue weighted by Crippen LogP contribution is -2.55. The summed E-state index contributed by atoms with van der Waals surface area (Å²) in [5.41, 5.74) is 6.36. The minimum absolute atomic E-state index is 0.241. The van der Waals surface area contributed by atoms with Crippen molar-refractivity contribution in [1.82, 2.24) is 4.90 Å². The van der Waals surface area contributed by atoms with E-state index in [1.165, 1.54) is 45.1 Å². The van der Waals surface area contributed by atoms with Gasteiger partial charge in [-0.15, -0.1) is 0 Å². The van der Waals surface area contributed by atoms with Gasteiger partial charge in [0.2, 0.25) is 0 Å². The number of hydrogen-bond donors (Lipinski definition) is 1. The van der Waals surface area contributed by atoms with Gasteiger partial charge in [-0.2, -0.15) is 0 Å². The predicted molar refractivity (Wildman–Crippen MR) is 74.0 cm³/mol. The molecule has 1 heterocycles. The summed E-state index contributed by atoms with van der Waals surface area (Å²) in [5.74, 6) is 1.72. The highest BCUT2D eigenvalue weighted by Gasteiger charge is 2.43. The largest absolute Gasteiger partial charge is 0.329 e. The first-order chi connectivity index (χ1) is 8.07. The molecule has 2 rings (SSSR count). The molecular formula is C15H30N2. The number of hydrogen-bond acceptors (Lipinski definition) is 2. The number of nitrogens with zero attached hydrogens (tertiary/aromatic N) is 1. The molecule has 0 amide bonds. The Bertz CT molecular complexity index is 251. The van der Waals surface area contributed by atoms with Gasteiger partial charge in [0.05, 0.1) is 0 Å². The Balaban J connectivity index is 2.08. The van der Waals surface area contributed by atoms with Gasteiger partial charge in [-0.25, -0.2) is 0 Å². The maximum atomic E-state index is 6.12. The van der Waals surface area contributed by atoms with Crippen molar-refractivity contribution in [3.8, 4) is 0 Å². The van der Waals surface area contributed by atoms with E-state index in [1.807, 2.05) is 0 Å². The lowest BCUT2D eigenvalue weighted by atomic mass is 9.82. The lowest BCUT2D eigenvalue weighted by Gasteiger charge is -2.45. The summed E-state index contributed by atoms with van der Waals surface area (Å²) in [6.45, 7) is 9.14. The quantitative estimate of drug-likeness (QED) is 0.816. The standard InChI is InChI=1S/C15H30N2/c1-12(2)10-15(3,11-16)17-9-8-13-6-4-5-7-14(13)17/h12-14H,4-11,16H2,1-3H3. The molecule has 2 fully saturated rings. The van der Waals surface area contributed by atoms with E-state index in [-0.39, 0.29) is 5.54 Å². The van der Waals surface area contributed by atoms with Crippen molar-refractivity contribution in [3.63, 3.8) is 0 Å². The van der Waals surface area contributed by atoms with Crippen molar-refractivity contribution in [2.45, 2.75) is 70.9 Å². The highest BCUT2D eigenvalue weighted by atomic mass is 15.3. The van der Waals surface area contributed by atoms with Gasteiger partial charge < -0.3 is 5.73 Å². The maximum absolute atomic E-state index is 6.12. The zero-order valence-corrected chi connectivity index (χ0v) is 11.9. The first-order valence-electron chi connectivity index (χ1n) is 7.53. The summed E-state index contributed by atoms with van der Waals surface area (Å²) in [4.78, 5) is 2.77. The molecule has 2 heteroatoms. The number of rotatable bonds is 4. The molecule has 1 saturated heterocycles. The monoisotopic (exact) mass is 238 g/mol. The van der Waals surface area contributed by atoms with Crippen LogP contribution in [0.2, 0.25) is 0 Å². The normalized spacial score (nSPS) is 33.7. The van der Waals surface area contributed by atoms with Crippen molar-refractivity contribution in [2.24, 2.45) is 17.6 Å². The zero-order valence-electron chi connectivity index (χ0n) is 11.9. The molecular weight excluding hydrogens is 208 g/mol. The Hall–Kier alpha value is -0.0800. The summed E-state index contributed by atoms with van der Waals surface area (Å²) < 4.78 is 0. The van der Waals surface area contributed by atoms with E-state index in [0.29, 0.717) is 0 Å². The summed E-state index contributed by atoms with van der Waals surface area (Å²) in [7, 11) is 0. The van der Waals surface area contributed by atoms with Crippen molar-refractivity contribution >= 4 is 0 Å². The van der Waals surface area contributed by atoms with Gasteiger partial charge in [-0.3, -0.25) is 4.90 Å². The Morgan fingerprint density at radius 1 is 1.24 bits per heavy atom. The van der Waals surface area contributed by atoms with Crippen LogP contribution in [0.3, 0.4) is 0 Å².